The van der Waals surface area contributed by atoms with E-state index < -0.39 is 0 Å². The standard InChI is InChI=1S/C13H16N2O3S/c1-8(2)18-13(17)10-4-5-15-9(6-11(16)14-3)7-19-12(10)15/h4-6,8H,7H2,1-3H3,(H,14,16). The predicted molar refractivity (Wildman–Crippen MR) is 74.0 cm³/mol. The van der Waals surface area contributed by atoms with E-state index in [0.29, 0.717) is 11.3 Å². The summed E-state index contributed by atoms with van der Waals surface area (Å²) in [4.78, 5) is 23.3. The van der Waals surface area contributed by atoms with E-state index >= 15 is 0 Å². The first-order valence-electron chi connectivity index (χ1n) is 6.00. The van der Waals surface area contributed by atoms with E-state index in [1.807, 2.05) is 18.4 Å². The van der Waals surface area contributed by atoms with Crippen LogP contribution in [0.25, 0.3) is 5.70 Å². The van der Waals surface area contributed by atoms with Crippen molar-refractivity contribution in [2.24, 2.45) is 0 Å². The second-order valence-electron chi connectivity index (χ2n) is 4.40. The van der Waals surface area contributed by atoms with E-state index in [-0.39, 0.29) is 18.0 Å². The highest BCUT2D eigenvalue weighted by Gasteiger charge is 2.25. The van der Waals surface area contributed by atoms with Gasteiger partial charge in [-0.2, -0.15) is 0 Å². The van der Waals surface area contributed by atoms with Crippen LogP contribution in [0.2, 0.25) is 0 Å². The van der Waals surface area contributed by atoms with Gasteiger partial charge in [0.2, 0.25) is 5.91 Å². The summed E-state index contributed by atoms with van der Waals surface area (Å²) < 4.78 is 7.05. The lowest BCUT2D eigenvalue weighted by Crippen LogP contribution is -2.15. The molecule has 0 aromatic carbocycles. The molecule has 0 saturated heterocycles. The quantitative estimate of drug-likeness (QED) is 0.677. The first-order chi connectivity index (χ1) is 9.02. The minimum absolute atomic E-state index is 0.143. The number of amides is 1. The molecule has 2 rings (SSSR count). The third kappa shape index (κ3) is 2.84. The molecule has 6 heteroatoms. The molecule has 0 unspecified atom stereocenters. The second kappa shape index (κ2) is 5.52. The van der Waals surface area contributed by atoms with Gasteiger partial charge in [0, 0.05) is 30.8 Å². The van der Waals surface area contributed by atoms with Gasteiger partial charge in [-0.05, 0) is 19.9 Å². The van der Waals surface area contributed by atoms with E-state index in [1.54, 1.807) is 25.4 Å². The lowest BCUT2D eigenvalue weighted by Gasteiger charge is -2.07. The highest BCUT2D eigenvalue weighted by molar-refractivity contribution is 8.00. The zero-order valence-corrected chi connectivity index (χ0v) is 11.9. The van der Waals surface area contributed by atoms with Crippen LogP contribution in [0.4, 0.5) is 0 Å². The molecular formula is C13H16N2O3S. The SMILES string of the molecule is CNC(=O)C=C1CSc2c(C(=O)OC(C)C)ccn21. The molecular weight excluding hydrogens is 264 g/mol. The number of nitrogens with zero attached hydrogens (tertiary/aromatic N) is 1. The highest BCUT2D eigenvalue weighted by Crippen LogP contribution is 2.36. The molecule has 1 amide bonds. The van der Waals surface area contributed by atoms with Crippen LogP contribution >= 0.6 is 11.8 Å². The third-order valence-electron chi connectivity index (χ3n) is 2.61. The molecule has 1 N–H and O–H groups in total. The van der Waals surface area contributed by atoms with Crippen molar-refractivity contribution in [2.45, 2.75) is 25.0 Å². The van der Waals surface area contributed by atoms with Gasteiger partial charge in [-0.15, -0.1) is 11.8 Å². The van der Waals surface area contributed by atoms with Crippen LogP contribution in [0.5, 0.6) is 0 Å². The zero-order valence-electron chi connectivity index (χ0n) is 11.1. The normalized spacial score (nSPS) is 15.7. The molecule has 102 valence electrons. The van der Waals surface area contributed by atoms with Gasteiger partial charge < -0.3 is 14.6 Å². The molecule has 1 aromatic heterocycles. The molecule has 5 nitrogen and oxygen atoms in total. The lowest BCUT2D eigenvalue weighted by molar-refractivity contribution is -0.116. The fourth-order valence-corrected chi connectivity index (χ4v) is 2.90. The Bertz CT molecular complexity index is 546. The zero-order chi connectivity index (χ0) is 14.0. The van der Waals surface area contributed by atoms with Crippen LogP contribution in [-0.2, 0) is 9.53 Å². The topological polar surface area (TPSA) is 60.3 Å². The van der Waals surface area contributed by atoms with Gasteiger partial charge in [0.05, 0.1) is 16.7 Å². The highest BCUT2D eigenvalue weighted by atomic mass is 32.2. The number of ether oxygens (including phenoxy) is 1. The largest absolute Gasteiger partial charge is 0.459 e. The average molecular weight is 280 g/mol. The summed E-state index contributed by atoms with van der Waals surface area (Å²) >= 11 is 1.53. The Morgan fingerprint density at radius 3 is 2.89 bits per heavy atom. The Morgan fingerprint density at radius 1 is 1.53 bits per heavy atom. The molecule has 1 aromatic rings. The number of aromatic nitrogens is 1. The van der Waals surface area contributed by atoms with Crippen molar-refractivity contribution in [1.82, 2.24) is 9.88 Å². The molecule has 19 heavy (non-hydrogen) atoms. The molecule has 0 fully saturated rings. The summed E-state index contributed by atoms with van der Waals surface area (Å²) in [5.41, 5.74) is 1.42. The van der Waals surface area contributed by atoms with Gasteiger partial charge in [0.1, 0.15) is 0 Å². The number of likely N-dealkylation sites (N-methyl/N-ethyl adjacent to an activating group) is 1. The van der Waals surface area contributed by atoms with Crippen molar-refractivity contribution in [3.63, 3.8) is 0 Å². The number of thioether (sulfide) groups is 1. The monoisotopic (exact) mass is 280 g/mol. The molecule has 0 bridgehead atoms. The molecule has 1 aliphatic heterocycles. The van der Waals surface area contributed by atoms with Gasteiger partial charge >= 0.3 is 5.97 Å². The number of carbonyl (C=O) groups is 2. The van der Waals surface area contributed by atoms with Crippen LogP contribution < -0.4 is 5.32 Å². The maximum absolute atomic E-state index is 11.9. The van der Waals surface area contributed by atoms with E-state index in [0.717, 1.165) is 10.7 Å². The summed E-state index contributed by atoms with van der Waals surface area (Å²) in [6.45, 7) is 3.64. The fourth-order valence-electron chi connectivity index (χ4n) is 1.77. The van der Waals surface area contributed by atoms with Crippen LogP contribution in [0.1, 0.15) is 24.2 Å². The van der Waals surface area contributed by atoms with Crippen molar-refractivity contribution in [1.29, 1.82) is 0 Å². The van der Waals surface area contributed by atoms with Gasteiger partial charge in [0.15, 0.2) is 0 Å². The number of hydrogen-bond acceptors (Lipinski definition) is 4. The average Bonchev–Trinajstić information content (AvgIpc) is 2.90. The molecule has 0 radical (unpaired) electrons. The van der Waals surface area contributed by atoms with Crippen molar-refractivity contribution in [3.05, 3.63) is 23.9 Å². The van der Waals surface area contributed by atoms with Crippen LogP contribution in [0, 0.1) is 0 Å². The summed E-state index contributed by atoms with van der Waals surface area (Å²) in [5, 5.41) is 3.38. The smallest absolute Gasteiger partial charge is 0.341 e. The van der Waals surface area contributed by atoms with Crippen molar-refractivity contribution >= 4 is 29.3 Å². The van der Waals surface area contributed by atoms with Gasteiger partial charge in [-0.3, -0.25) is 4.79 Å². The Hall–Kier alpha value is -1.69. The van der Waals surface area contributed by atoms with E-state index in [2.05, 4.69) is 5.32 Å². The molecule has 2 heterocycles. The Morgan fingerprint density at radius 2 is 2.26 bits per heavy atom. The Labute approximate surface area is 116 Å². The third-order valence-corrected chi connectivity index (χ3v) is 3.74. The number of fused-ring (bicyclic) bond motifs is 1. The lowest BCUT2D eigenvalue weighted by atomic mass is 10.3. The number of rotatable bonds is 3. The maximum Gasteiger partial charge on any atom is 0.341 e. The van der Waals surface area contributed by atoms with Gasteiger partial charge in [0.25, 0.3) is 0 Å². The fraction of sp³-hybridized carbons (Fsp3) is 0.385. The number of carbonyl (C=O) groups excluding carboxylic acids is 2. The van der Waals surface area contributed by atoms with E-state index in [9.17, 15) is 9.59 Å². The Kier molecular flexibility index (Phi) is 3.99. The van der Waals surface area contributed by atoms with E-state index in [1.165, 1.54) is 11.8 Å². The molecule has 0 atom stereocenters. The molecule has 0 aliphatic carbocycles. The van der Waals surface area contributed by atoms with Crippen LogP contribution in [-0.4, -0.2) is 35.3 Å². The molecule has 0 saturated carbocycles. The summed E-state index contributed by atoms with van der Waals surface area (Å²) in [7, 11) is 1.59. The number of esters is 1. The summed E-state index contributed by atoms with van der Waals surface area (Å²) in [6, 6.07) is 1.73. The first kappa shape index (κ1) is 13.7. The predicted octanol–water partition coefficient (Wildman–Crippen LogP) is 1.75. The van der Waals surface area contributed by atoms with Crippen LogP contribution in [0.15, 0.2) is 23.4 Å². The summed E-state index contributed by atoms with van der Waals surface area (Å²) in [6.07, 6.45) is 3.19. The van der Waals surface area contributed by atoms with Crippen molar-refractivity contribution < 1.29 is 14.3 Å². The Balaban J connectivity index is 2.26. The van der Waals surface area contributed by atoms with Crippen molar-refractivity contribution in [2.75, 3.05) is 12.8 Å². The maximum atomic E-state index is 11.9. The number of hydrogen-bond donors (Lipinski definition) is 1. The van der Waals surface area contributed by atoms with Gasteiger partial charge in [-0.25, -0.2) is 4.79 Å². The molecule has 0 spiro atoms. The molecule has 1 aliphatic rings. The minimum atomic E-state index is -0.322. The van der Waals surface area contributed by atoms with E-state index in [4.69, 9.17) is 4.74 Å². The van der Waals surface area contributed by atoms with Gasteiger partial charge in [-0.1, -0.05) is 0 Å². The first-order valence-corrected chi connectivity index (χ1v) is 6.99. The van der Waals surface area contributed by atoms with Crippen LogP contribution in [0.3, 0.4) is 0 Å². The second-order valence-corrected chi connectivity index (χ2v) is 5.36. The minimum Gasteiger partial charge on any atom is -0.459 e. The van der Waals surface area contributed by atoms with Crippen molar-refractivity contribution in [3.8, 4) is 0 Å². The summed E-state index contributed by atoms with van der Waals surface area (Å²) in [5.74, 6) is 0.201. The number of nitrogens with one attached hydrogen (secondary N) is 1.